The lowest BCUT2D eigenvalue weighted by molar-refractivity contribution is 0.353. The molecule has 7 nitrogen and oxygen atoms in total. The molecule has 0 saturated carbocycles. The molecule has 0 saturated heterocycles. The van der Waals surface area contributed by atoms with E-state index in [4.69, 9.17) is 9.47 Å². The summed E-state index contributed by atoms with van der Waals surface area (Å²) in [5.74, 6) is 0.242. The van der Waals surface area contributed by atoms with Crippen LogP contribution in [-0.4, -0.2) is 28.8 Å². The fourth-order valence-corrected chi connectivity index (χ4v) is 2.69. The van der Waals surface area contributed by atoms with Crippen molar-refractivity contribution in [3.8, 4) is 29.1 Å². The van der Waals surface area contributed by atoms with Crippen molar-refractivity contribution in [1.29, 1.82) is 5.26 Å². The molecule has 0 radical (unpaired) electrons. The molecule has 0 N–H and O–H groups in total. The molecule has 22 heavy (non-hydrogen) atoms. The predicted molar refractivity (Wildman–Crippen MR) is 77.9 cm³/mol. The largest absolute Gasteiger partial charge is 0.480 e. The molecule has 0 fully saturated rings. The molecular weight excluding hydrogens is 284 g/mol. The van der Waals surface area contributed by atoms with Crippen LogP contribution in [0.3, 0.4) is 0 Å². The summed E-state index contributed by atoms with van der Waals surface area (Å²) >= 11 is 0. The lowest BCUT2D eigenvalue weighted by Crippen LogP contribution is -2.22. The van der Waals surface area contributed by atoms with E-state index in [1.807, 2.05) is 0 Å². The van der Waals surface area contributed by atoms with E-state index in [-0.39, 0.29) is 17.4 Å². The van der Waals surface area contributed by atoms with Crippen molar-refractivity contribution >= 4 is 0 Å². The fraction of sp³-hybridized carbons (Fsp3) is 0.333. The highest BCUT2D eigenvalue weighted by Crippen LogP contribution is 2.29. The molecule has 3 rings (SSSR count). The van der Waals surface area contributed by atoms with Gasteiger partial charge in [0, 0.05) is 18.4 Å². The Morgan fingerprint density at radius 3 is 2.82 bits per heavy atom. The van der Waals surface area contributed by atoms with Crippen LogP contribution in [0, 0.1) is 11.3 Å². The van der Waals surface area contributed by atoms with Crippen molar-refractivity contribution in [2.75, 3.05) is 14.2 Å². The minimum Gasteiger partial charge on any atom is -0.480 e. The SMILES string of the molecule is COc1ncc(-c2cc(C#N)c3n(c2=O)CCC3)c(OC)n1. The number of fused-ring (bicyclic) bond motifs is 1. The molecule has 7 heteroatoms. The molecule has 1 aliphatic heterocycles. The average Bonchev–Trinajstić information content (AvgIpc) is 3.05. The highest BCUT2D eigenvalue weighted by Gasteiger charge is 2.22. The molecule has 2 aromatic heterocycles. The van der Waals surface area contributed by atoms with E-state index in [1.54, 1.807) is 10.6 Å². The van der Waals surface area contributed by atoms with Gasteiger partial charge in [0.05, 0.1) is 30.9 Å². The summed E-state index contributed by atoms with van der Waals surface area (Å²) in [5.41, 5.74) is 1.96. The first-order valence-electron chi connectivity index (χ1n) is 6.81. The Morgan fingerprint density at radius 1 is 1.32 bits per heavy atom. The number of nitrogens with zero attached hydrogens (tertiary/aromatic N) is 4. The van der Waals surface area contributed by atoms with Crippen LogP contribution in [0.4, 0.5) is 0 Å². The normalized spacial score (nSPS) is 12.6. The number of hydrogen-bond donors (Lipinski definition) is 0. The first-order valence-corrected chi connectivity index (χ1v) is 6.81. The lowest BCUT2D eigenvalue weighted by atomic mass is 10.1. The second-order valence-corrected chi connectivity index (χ2v) is 4.87. The molecule has 0 aliphatic carbocycles. The Balaban J connectivity index is 2.26. The maximum absolute atomic E-state index is 12.7. The lowest BCUT2D eigenvalue weighted by Gasteiger charge is -2.11. The van der Waals surface area contributed by atoms with Crippen molar-refractivity contribution in [2.45, 2.75) is 19.4 Å². The summed E-state index contributed by atoms with van der Waals surface area (Å²) in [5, 5.41) is 9.32. The summed E-state index contributed by atoms with van der Waals surface area (Å²) in [4.78, 5) is 20.8. The summed E-state index contributed by atoms with van der Waals surface area (Å²) < 4.78 is 11.8. The van der Waals surface area contributed by atoms with Gasteiger partial charge in [0.15, 0.2) is 0 Å². The number of rotatable bonds is 3. The molecule has 2 aromatic rings. The summed E-state index contributed by atoms with van der Waals surface area (Å²) in [6.45, 7) is 0.621. The summed E-state index contributed by atoms with van der Waals surface area (Å²) in [7, 11) is 2.91. The quantitative estimate of drug-likeness (QED) is 0.844. The van der Waals surface area contributed by atoms with Crippen molar-refractivity contribution < 1.29 is 9.47 Å². The van der Waals surface area contributed by atoms with Crippen LogP contribution < -0.4 is 15.0 Å². The van der Waals surface area contributed by atoms with Gasteiger partial charge in [-0.05, 0) is 18.9 Å². The van der Waals surface area contributed by atoms with Gasteiger partial charge in [-0.2, -0.15) is 10.2 Å². The molecule has 112 valence electrons. The van der Waals surface area contributed by atoms with Crippen LogP contribution in [0.25, 0.3) is 11.1 Å². The van der Waals surface area contributed by atoms with E-state index in [2.05, 4.69) is 16.0 Å². The third kappa shape index (κ3) is 2.09. The van der Waals surface area contributed by atoms with E-state index >= 15 is 0 Å². The van der Waals surface area contributed by atoms with Gasteiger partial charge in [-0.15, -0.1) is 0 Å². The molecule has 0 amide bonds. The first kappa shape index (κ1) is 14.1. The van der Waals surface area contributed by atoms with E-state index < -0.39 is 0 Å². The molecule has 0 unspecified atom stereocenters. The van der Waals surface area contributed by atoms with Gasteiger partial charge < -0.3 is 14.0 Å². The zero-order chi connectivity index (χ0) is 15.7. The number of methoxy groups -OCH3 is 2. The number of ether oxygens (including phenoxy) is 2. The van der Waals surface area contributed by atoms with Crippen LogP contribution in [0.1, 0.15) is 17.7 Å². The minimum atomic E-state index is -0.154. The summed E-state index contributed by atoms with van der Waals surface area (Å²) in [6.07, 6.45) is 3.09. The number of hydrogen-bond acceptors (Lipinski definition) is 6. The maximum Gasteiger partial charge on any atom is 0.319 e. The third-order valence-corrected chi connectivity index (χ3v) is 3.71. The van der Waals surface area contributed by atoms with Crippen molar-refractivity contribution in [3.63, 3.8) is 0 Å². The van der Waals surface area contributed by atoms with Crippen LogP contribution in [0.2, 0.25) is 0 Å². The molecule has 3 heterocycles. The molecular formula is C15H14N4O3. The molecule has 1 aliphatic rings. The fourth-order valence-electron chi connectivity index (χ4n) is 2.69. The van der Waals surface area contributed by atoms with Crippen LogP contribution in [0.5, 0.6) is 11.9 Å². The van der Waals surface area contributed by atoms with Crippen molar-refractivity contribution in [1.82, 2.24) is 14.5 Å². The number of aromatic nitrogens is 3. The Kier molecular flexibility index (Phi) is 3.51. The Labute approximate surface area is 126 Å². The Morgan fingerprint density at radius 2 is 2.14 bits per heavy atom. The zero-order valence-corrected chi connectivity index (χ0v) is 12.3. The summed E-state index contributed by atoms with van der Waals surface area (Å²) in [6, 6.07) is 3.90. The predicted octanol–water partition coefficient (Wildman–Crippen LogP) is 1.14. The van der Waals surface area contributed by atoms with Gasteiger partial charge >= 0.3 is 6.01 Å². The van der Waals surface area contributed by atoms with Gasteiger partial charge in [-0.3, -0.25) is 4.79 Å². The topological polar surface area (TPSA) is 90.0 Å². The van der Waals surface area contributed by atoms with Crippen molar-refractivity contribution in [2.24, 2.45) is 0 Å². The van der Waals surface area contributed by atoms with Crippen molar-refractivity contribution in [3.05, 3.63) is 33.9 Å². The highest BCUT2D eigenvalue weighted by atomic mass is 16.5. The van der Waals surface area contributed by atoms with E-state index in [1.165, 1.54) is 20.4 Å². The monoisotopic (exact) mass is 298 g/mol. The first-order chi connectivity index (χ1) is 10.7. The zero-order valence-electron chi connectivity index (χ0n) is 12.3. The van der Waals surface area contributed by atoms with Gasteiger partial charge in [-0.25, -0.2) is 4.98 Å². The molecule has 0 aromatic carbocycles. The van der Waals surface area contributed by atoms with Crippen LogP contribution in [0.15, 0.2) is 17.1 Å². The Bertz CT molecular complexity index is 836. The van der Waals surface area contributed by atoms with Crippen LogP contribution >= 0.6 is 0 Å². The van der Waals surface area contributed by atoms with Gasteiger partial charge in [0.1, 0.15) is 6.07 Å². The number of nitriles is 1. The number of pyridine rings is 1. The van der Waals surface area contributed by atoms with E-state index in [9.17, 15) is 10.1 Å². The minimum absolute atomic E-state index is 0.154. The van der Waals surface area contributed by atoms with Gasteiger partial charge in [0.25, 0.3) is 5.56 Å². The van der Waals surface area contributed by atoms with Gasteiger partial charge in [0.2, 0.25) is 5.88 Å². The second-order valence-electron chi connectivity index (χ2n) is 4.87. The third-order valence-electron chi connectivity index (χ3n) is 3.71. The molecule has 0 atom stereocenters. The average molecular weight is 298 g/mol. The maximum atomic E-state index is 12.7. The highest BCUT2D eigenvalue weighted by molar-refractivity contribution is 5.69. The standard InChI is InChI=1S/C15H14N4O3/c1-21-13-11(8-17-15(18-13)22-2)10-6-9(7-16)12-4-3-5-19(12)14(10)20/h6,8H,3-5H2,1-2H3. The molecule has 0 bridgehead atoms. The Hall–Kier alpha value is -2.88. The molecule has 0 spiro atoms. The smallest absolute Gasteiger partial charge is 0.319 e. The van der Waals surface area contributed by atoms with Gasteiger partial charge in [-0.1, -0.05) is 0 Å². The van der Waals surface area contributed by atoms with E-state index in [0.717, 1.165) is 18.5 Å². The second kappa shape index (κ2) is 5.48. The van der Waals surface area contributed by atoms with E-state index in [0.29, 0.717) is 23.2 Å². The van der Waals surface area contributed by atoms with Crippen LogP contribution in [-0.2, 0) is 13.0 Å².